The second-order valence-corrected chi connectivity index (χ2v) is 8.84. The van der Waals surface area contributed by atoms with Crippen LogP contribution in [0.4, 0.5) is 5.13 Å². The van der Waals surface area contributed by atoms with E-state index in [2.05, 4.69) is 29.0 Å². The van der Waals surface area contributed by atoms with Crippen LogP contribution in [0.3, 0.4) is 0 Å². The summed E-state index contributed by atoms with van der Waals surface area (Å²) in [6.07, 6.45) is 7.55. The van der Waals surface area contributed by atoms with Crippen LogP contribution in [0.2, 0.25) is 0 Å². The Morgan fingerprint density at radius 3 is 2.75 bits per heavy atom. The quantitative estimate of drug-likeness (QED) is 0.804. The zero-order valence-corrected chi connectivity index (χ0v) is 17.3. The van der Waals surface area contributed by atoms with Crippen LogP contribution < -0.4 is 5.32 Å². The Morgan fingerprint density at radius 1 is 1.32 bits per heavy atom. The third-order valence-corrected chi connectivity index (χ3v) is 7.10. The highest BCUT2D eigenvalue weighted by Gasteiger charge is 2.55. The van der Waals surface area contributed by atoms with E-state index in [1.807, 2.05) is 29.6 Å². The Bertz CT molecular complexity index is 858. The molecule has 2 unspecified atom stereocenters. The Hall–Kier alpha value is -2.21. The maximum absolute atomic E-state index is 13.6. The van der Waals surface area contributed by atoms with Gasteiger partial charge in [0.2, 0.25) is 5.91 Å². The van der Waals surface area contributed by atoms with Crippen LogP contribution in [0, 0.1) is 0 Å². The van der Waals surface area contributed by atoms with Crippen LogP contribution in [0.5, 0.6) is 0 Å². The van der Waals surface area contributed by atoms with Gasteiger partial charge in [0.05, 0.1) is 11.5 Å². The number of nitrogens with one attached hydrogen (secondary N) is 1. The molecule has 1 N–H and O–H groups in total. The van der Waals surface area contributed by atoms with E-state index in [0.717, 1.165) is 44.1 Å². The first-order chi connectivity index (χ1) is 13.6. The maximum Gasteiger partial charge on any atom is 0.254 e. The van der Waals surface area contributed by atoms with E-state index in [1.165, 1.54) is 11.3 Å². The topological polar surface area (TPSA) is 62.3 Å². The maximum atomic E-state index is 13.6. The molecule has 4 rings (SSSR count). The van der Waals surface area contributed by atoms with Crippen LogP contribution in [0.15, 0.2) is 35.8 Å². The molecule has 0 bridgehead atoms. The second kappa shape index (κ2) is 7.66. The average Bonchev–Trinajstić information content (AvgIpc) is 3.21. The smallest absolute Gasteiger partial charge is 0.254 e. The fourth-order valence-corrected chi connectivity index (χ4v) is 5.60. The van der Waals surface area contributed by atoms with E-state index in [0.29, 0.717) is 10.7 Å². The molecule has 6 heteroatoms. The molecule has 0 saturated heterocycles. The Labute approximate surface area is 170 Å². The minimum atomic E-state index is -0.458. The van der Waals surface area contributed by atoms with Gasteiger partial charge in [-0.25, -0.2) is 4.98 Å². The van der Waals surface area contributed by atoms with E-state index in [1.54, 1.807) is 6.20 Å². The van der Waals surface area contributed by atoms with Gasteiger partial charge in [0.15, 0.2) is 5.13 Å². The lowest BCUT2D eigenvalue weighted by molar-refractivity contribution is -0.122. The predicted molar refractivity (Wildman–Crippen MR) is 112 cm³/mol. The first kappa shape index (κ1) is 19.1. The van der Waals surface area contributed by atoms with E-state index in [-0.39, 0.29) is 23.8 Å². The molecule has 28 heavy (non-hydrogen) atoms. The van der Waals surface area contributed by atoms with Crippen molar-refractivity contribution in [2.45, 2.75) is 69.9 Å². The monoisotopic (exact) mass is 397 g/mol. The molecule has 2 aliphatic rings. The number of amides is 2. The molecule has 1 saturated carbocycles. The third kappa shape index (κ3) is 3.04. The van der Waals surface area contributed by atoms with Crippen LogP contribution in [0.25, 0.3) is 0 Å². The molecule has 2 atom stereocenters. The average molecular weight is 398 g/mol. The summed E-state index contributed by atoms with van der Waals surface area (Å²) >= 11 is 1.42. The Morgan fingerprint density at radius 2 is 2.07 bits per heavy atom. The van der Waals surface area contributed by atoms with Crippen LogP contribution in [-0.4, -0.2) is 33.3 Å². The number of hydrogen-bond acceptors (Lipinski definition) is 4. The van der Waals surface area contributed by atoms with Gasteiger partial charge in [-0.15, -0.1) is 11.3 Å². The van der Waals surface area contributed by atoms with Crippen molar-refractivity contribution >= 4 is 28.3 Å². The van der Waals surface area contributed by atoms with Crippen molar-refractivity contribution in [2.24, 2.45) is 0 Å². The van der Waals surface area contributed by atoms with Gasteiger partial charge in [-0.2, -0.15) is 0 Å². The lowest BCUT2D eigenvalue weighted by Crippen LogP contribution is -2.64. The van der Waals surface area contributed by atoms with Gasteiger partial charge in [0.1, 0.15) is 0 Å². The molecular weight excluding hydrogens is 370 g/mol. The lowest BCUT2D eigenvalue weighted by atomic mass is 9.64. The van der Waals surface area contributed by atoms with Gasteiger partial charge in [-0.3, -0.25) is 9.59 Å². The number of fused-ring (bicyclic) bond motifs is 1. The van der Waals surface area contributed by atoms with E-state index in [4.69, 9.17) is 0 Å². The highest BCUT2D eigenvalue weighted by Crippen LogP contribution is 2.50. The number of benzene rings is 1. The van der Waals surface area contributed by atoms with E-state index >= 15 is 0 Å². The van der Waals surface area contributed by atoms with Crippen molar-refractivity contribution in [3.63, 3.8) is 0 Å². The standard InChI is InChI=1S/C22H27N3O2S/c1-3-15(2)25-20(27)17-10-6-5-9-16(17)18(22(25)11-7-4-8-12-22)19(26)24-21-23-13-14-28-21/h5-6,9-10,13-15,18H,3-4,7-8,11-12H2,1-2H3,(H,23,24,26). The summed E-state index contributed by atoms with van der Waals surface area (Å²) in [7, 11) is 0. The van der Waals surface area contributed by atoms with Crippen molar-refractivity contribution in [3.05, 3.63) is 47.0 Å². The normalized spacial score (nSPS) is 22.0. The van der Waals surface area contributed by atoms with Gasteiger partial charge < -0.3 is 10.2 Å². The van der Waals surface area contributed by atoms with Crippen molar-refractivity contribution < 1.29 is 9.59 Å². The molecule has 0 radical (unpaired) electrons. The largest absolute Gasteiger partial charge is 0.329 e. The summed E-state index contributed by atoms with van der Waals surface area (Å²) in [5.74, 6) is -0.352. The zero-order valence-electron chi connectivity index (χ0n) is 16.5. The number of carbonyl (C=O) groups is 2. The summed E-state index contributed by atoms with van der Waals surface area (Å²) < 4.78 is 0. The number of anilines is 1. The van der Waals surface area contributed by atoms with Crippen molar-refractivity contribution in [1.29, 1.82) is 0 Å². The van der Waals surface area contributed by atoms with Crippen LogP contribution in [0.1, 0.15) is 74.2 Å². The number of hydrogen-bond donors (Lipinski definition) is 1. The molecule has 1 aliphatic carbocycles. The zero-order chi connectivity index (χ0) is 19.7. The van der Waals surface area contributed by atoms with Gasteiger partial charge in [-0.05, 0) is 37.8 Å². The molecule has 2 aromatic rings. The van der Waals surface area contributed by atoms with Crippen LogP contribution >= 0.6 is 11.3 Å². The SMILES string of the molecule is CCC(C)N1C(=O)c2ccccc2C(C(=O)Nc2nccs2)C12CCCCC2. The number of nitrogens with zero attached hydrogens (tertiary/aromatic N) is 2. The lowest BCUT2D eigenvalue weighted by Gasteiger charge is -2.55. The van der Waals surface area contributed by atoms with Crippen molar-refractivity contribution in [3.8, 4) is 0 Å². The fraction of sp³-hybridized carbons (Fsp3) is 0.500. The molecule has 148 valence electrons. The summed E-state index contributed by atoms with van der Waals surface area (Å²) in [5, 5.41) is 5.50. The molecule has 1 aromatic heterocycles. The first-order valence-electron chi connectivity index (χ1n) is 10.2. The molecule has 1 aromatic carbocycles. The molecule has 5 nitrogen and oxygen atoms in total. The summed E-state index contributed by atoms with van der Waals surface area (Å²) in [6.45, 7) is 4.22. The number of carbonyl (C=O) groups excluding carboxylic acids is 2. The second-order valence-electron chi connectivity index (χ2n) is 7.94. The van der Waals surface area contributed by atoms with Crippen molar-refractivity contribution in [1.82, 2.24) is 9.88 Å². The number of rotatable bonds is 4. The van der Waals surface area contributed by atoms with E-state index in [9.17, 15) is 9.59 Å². The first-order valence-corrected chi connectivity index (χ1v) is 11.1. The third-order valence-electron chi connectivity index (χ3n) is 6.41. The number of thiazole rings is 1. The van der Waals surface area contributed by atoms with Crippen molar-refractivity contribution in [2.75, 3.05) is 5.32 Å². The highest BCUT2D eigenvalue weighted by molar-refractivity contribution is 7.13. The minimum Gasteiger partial charge on any atom is -0.329 e. The molecule has 1 aliphatic heterocycles. The molecule has 1 spiro atoms. The number of aromatic nitrogens is 1. The Balaban J connectivity index is 1.86. The molecular formula is C22H27N3O2S. The summed E-state index contributed by atoms with van der Waals surface area (Å²) in [5.41, 5.74) is 1.07. The minimum absolute atomic E-state index is 0.0508. The van der Waals surface area contributed by atoms with Gasteiger partial charge in [0.25, 0.3) is 5.91 Å². The van der Waals surface area contributed by atoms with Gasteiger partial charge in [0, 0.05) is 23.2 Å². The van der Waals surface area contributed by atoms with Gasteiger partial charge in [-0.1, -0.05) is 44.4 Å². The van der Waals surface area contributed by atoms with Gasteiger partial charge >= 0.3 is 0 Å². The van der Waals surface area contributed by atoms with Crippen LogP contribution in [-0.2, 0) is 4.79 Å². The Kier molecular flexibility index (Phi) is 5.23. The molecule has 1 fully saturated rings. The molecule has 2 amide bonds. The fourth-order valence-electron chi connectivity index (χ4n) is 5.07. The summed E-state index contributed by atoms with van der Waals surface area (Å²) in [4.78, 5) is 33.4. The molecule has 2 heterocycles. The highest BCUT2D eigenvalue weighted by atomic mass is 32.1. The summed E-state index contributed by atoms with van der Waals surface area (Å²) in [6, 6.07) is 7.75. The predicted octanol–water partition coefficient (Wildman–Crippen LogP) is 4.82. The van der Waals surface area contributed by atoms with E-state index < -0.39 is 5.54 Å².